The number of amides is 1. The van der Waals surface area contributed by atoms with Crippen LogP contribution in [0, 0.1) is 0 Å². The van der Waals surface area contributed by atoms with E-state index in [4.69, 9.17) is 34.8 Å². The molecule has 2 aromatic carbocycles. The van der Waals surface area contributed by atoms with Crippen LogP contribution in [0.3, 0.4) is 0 Å². The summed E-state index contributed by atoms with van der Waals surface area (Å²) in [5, 5.41) is 3.55. The molecule has 1 unspecified atom stereocenters. The van der Waals surface area contributed by atoms with E-state index in [1.807, 2.05) is 42.5 Å². The molecule has 1 aromatic heterocycles. The van der Waals surface area contributed by atoms with Crippen LogP contribution in [0.25, 0.3) is 0 Å². The molecule has 0 bridgehead atoms. The van der Waals surface area contributed by atoms with Gasteiger partial charge < -0.3 is 5.32 Å². The minimum Gasteiger partial charge on any atom is -0.300 e. The Labute approximate surface area is 164 Å². The number of carbonyl (C=O) groups is 1. The van der Waals surface area contributed by atoms with Gasteiger partial charge in [0.1, 0.15) is 5.38 Å². The predicted octanol–water partition coefficient (Wildman–Crippen LogP) is 5.96. The first-order valence-corrected chi connectivity index (χ1v) is 9.42. The van der Waals surface area contributed by atoms with Crippen molar-refractivity contribution in [3.05, 3.63) is 80.8 Å². The van der Waals surface area contributed by atoms with Gasteiger partial charge in [-0.1, -0.05) is 59.6 Å². The van der Waals surface area contributed by atoms with E-state index in [0.29, 0.717) is 21.6 Å². The smallest absolute Gasteiger partial charge is 0.248 e. The molecule has 3 rings (SSSR count). The monoisotopic (exact) mass is 410 g/mol. The average molecular weight is 412 g/mol. The predicted molar refractivity (Wildman–Crippen MR) is 105 cm³/mol. The average Bonchev–Trinajstić information content (AvgIpc) is 3.05. The Bertz CT molecular complexity index is 883. The second kappa shape index (κ2) is 8.19. The third-order valence-corrected chi connectivity index (χ3v) is 5.57. The van der Waals surface area contributed by atoms with Gasteiger partial charge in [-0.15, -0.1) is 22.9 Å². The molecule has 1 amide bonds. The highest BCUT2D eigenvalue weighted by atomic mass is 35.5. The zero-order chi connectivity index (χ0) is 17.8. The van der Waals surface area contributed by atoms with Gasteiger partial charge in [0.05, 0.1) is 10.0 Å². The first-order chi connectivity index (χ1) is 12.0. The first kappa shape index (κ1) is 18.2. The van der Waals surface area contributed by atoms with Gasteiger partial charge in [-0.05, 0) is 23.3 Å². The Hall–Kier alpha value is -1.59. The van der Waals surface area contributed by atoms with Gasteiger partial charge in [-0.25, -0.2) is 4.98 Å². The van der Waals surface area contributed by atoms with Crippen LogP contribution in [0.5, 0.6) is 0 Å². The van der Waals surface area contributed by atoms with Crippen molar-refractivity contribution in [2.75, 3.05) is 5.32 Å². The Morgan fingerprint density at radius 3 is 2.60 bits per heavy atom. The molecule has 7 heteroatoms. The number of halogens is 3. The Morgan fingerprint density at radius 2 is 1.88 bits per heavy atom. The highest BCUT2D eigenvalue weighted by Crippen LogP contribution is 2.27. The van der Waals surface area contributed by atoms with Gasteiger partial charge in [0, 0.05) is 17.5 Å². The number of rotatable bonds is 5. The van der Waals surface area contributed by atoms with Crippen LogP contribution >= 0.6 is 46.1 Å². The van der Waals surface area contributed by atoms with E-state index in [1.54, 1.807) is 12.3 Å². The SMILES string of the molecule is O=C(Nc1ncc(Cc2ccc(Cl)c(Cl)c2)s1)C(Cl)c1ccccc1. The van der Waals surface area contributed by atoms with E-state index in [-0.39, 0.29) is 5.91 Å². The van der Waals surface area contributed by atoms with Crippen molar-refractivity contribution in [1.82, 2.24) is 4.98 Å². The highest BCUT2D eigenvalue weighted by molar-refractivity contribution is 7.15. The maximum Gasteiger partial charge on any atom is 0.248 e. The summed E-state index contributed by atoms with van der Waals surface area (Å²) in [7, 11) is 0. The maximum absolute atomic E-state index is 12.3. The van der Waals surface area contributed by atoms with Crippen molar-refractivity contribution in [3.8, 4) is 0 Å². The number of thiazole rings is 1. The van der Waals surface area contributed by atoms with E-state index < -0.39 is 5.38 Å². The molecule has 0 aliphatic carbocycles. The van der Waals surface area contributed by atoms with Crippen LogP contribution in [-0.2, 0) is 11.2 Å². The van der Waals surface area contributed by atoms with Gasteiger partial charge in [0.15, 0.2) is 5.13 Å². The minimum absolute atomic E-state index is 0.302. The number of hydrogen-bond acceptors (Lipinski definition) is 3. The molecule has 128 valence electrons. The molecular weight excluding hydrogens is 399 g/mol. The fourth-order valence-electron chi connectivity index (χ4n) is 2.24. The summed E-state index contributed by atoms with van der Waals surface area (Å²) >= 11 is 19.6. The van der Waals surface area contributed by atoms with Crippen molar-refractivity contribution >= 4 is 57.2 Å². The molecule has 3 nitrogen and oxygen atoms in total. The molecule has 0 aliphatic heterocycles. The largest absolute Gasteiger partial charge is 0.300 e. The fourth-order valence-corrected chi connectivity index (χ4v) is 3.61. The van der Waals surface area contributed by atoms with Crippen LogP contribution in [0.15, 0.2) is 54.7 Å². The van der Waals surface area contributed by atoms with Crippen LogP contribution in [0.4, 0.5) is 5.13 Å². The van der Waals surface area contributed by atoms with Gasteiger partial charge >= 0.3 is 0 Å². The zero-order valence-corrected chi connectivity index (χ0v) is 16.0. The summed E-state index contributed by atoms with van der Waals surface area (Å²) in [5.74, 6) is -0.302. The number of nitrogens with zero attached hydrogens (tertiary/aromatic N) is 1. The molecule has 0 saturated carbocycles. The second-order valence-electron chi connectivity index (χ2n) is 5.32. The fraction of sp³-hybridized carbons (Fsp3) is 0.111. The van der Waals surface area contributed by atoms with Gasteiger partial charge in [-0.3, -0.25) is 4.79 Å². The molecule has 1 atom stereocenters. The quantitative estimate of drug-likeness (QED) is 0.526. The summed E-state index contributed by atoms with van der Waals surface area (Å²) in [6, 6.07) is 14.7. The molecule has 1 heterocycles. The minimum atomic E-state index is -0.761. The van der Waals surface area contributed by atoms with Gasteiger partial charge in [0.2, 0.25) is 5.91 Å². The molecular formula is C18H13Cl3N2OS. The van der Waals surface area contributed by atoms with Crippen LogP contribution in [0.2, 0.25) is 10.0 Å². The van der Waals surface area contributed by atoms with E-state index in [9.17, 15) is 4.79 Å². The number of carbonyl (C=O) groups excluding carboxylic acids is 1. The first-order valence-electron chi connectivity index (χ1n) is 7.41. The molecule has 0 radical (unpaired) electrons. The van der Waals surface area contributed by atoms with E-state index in [2.05, 4.69) is 10.3 Å². The second-order valence-corrected chi connectivity index (χ2v) is 7.69. The Morgan fingerprint density at radius 1 is 1.12 bits per heavy atom. The third kappa shape index (κ3) is 4.73. The summed E-state index contributed by atoms with van der Waals surface area (Å²) in [6.45, 7) is 0. The molecule has 0 saturated heterocycles. The topological polar surface area (TPSA) is 42.0 Å². The number of alkyl halides is 1. The summed E-state index contributed by atoms with van der Waals surface area (Å²) in [6.07, 6.45) is 2.39. The van der Waals surface area contributed by atoms with Crippen molar-refractivity contribution < 1.29 is 4.79 Å². The van der Waals surface area contributed by atoms with Crippen molar-refractivity contribution in [3.63, 3.8) is 0 Å². The molecule has 1 N–H and O–H groups in total. The number of nitrogens with one attached hydrogen (secondary N) is 1. The van der Waals surface area contributed by atoms with Crippen LogP contribution in [0.1, 0.15) is 21.4 Å². The summed E-state index contributed by atoms with van der Waals surface area (Å²) < 4.78 is 0. The lowest BCUT2D eigenvalue weighted by molar-refractivity contribution is -0.116. The lowest BCUT2D eigenvalue weighted by atomic mass is 10.1. The zero-order valence-electron chi connectivity index (χ0n) is 12.9. The molecule has 0 aliphatic rings. The maximum atomic E-state index is 12.3. The summed E-state index contributed by atoms with van der Waals surface area (Å²) in [5.41, 5.74) is 1.77. The standard InChI is InChI=1S/C18H13Cl3N2OS/c19-14-7-6-11(9-15(14)20)8-13-10-22-18(25-13)23-17(24)16(21)12-4-2-1-3-5-12/h1-7,9-10,16H,8H2,(H,22,23,24). The lowest BCUT2D eigenvalue weighted by Gasteiger charge is -2.08. The van der Waals surface area contributed by atoms with Crippen LogP contribution in [-0.4, -0.2) is 10.9 Å². The highest BCUT2D eigenvalue weighted by Gasteiger charge is 2.18. The van der Waals surface area contributed by atoms with E-state index >= 15 is 0 Å². The Balaban J connectivity index is 1.65. The van der Waals surface area contributed by atoms with E-state index in [1.165, 1.54) is 11.3 Å². The number of hydrogen-bond donors (Lipinski definition) is 1. The summed E-state index contributed by atoms with van der Waals surface area (Å²) in [4.78, 5) is 17.5. The van der Waals surface area contributed by atoms with Gasteiger partial charge in [0.25, 0.3) is 0 Å². The van der Waals surface area contributed by atoms with Crippen molar-refractivity contribution in [1.29, 1.82) is 0 Å². The molecule has 0 fully saturated rings. The van der Waals surface area contributed by atoms with Crippen molar-refractivity contribution in [2.24, 2.45) is 0 Å². The van der Waals surface area contributed by atoms with Crippen LogP contribution < -0.4 is 5.32 Å². The van der Waals surface area contributed by atoms with Crippen molar-refractivity contribution in [2.45, 2.75) is 11.8 Å². The lowest BCUT2D eigenvalue weighted by Crippen LogP contribution is -2.17. The number of aromatic nitrogens is 1. The van der Waals surface area contributed by atoms with Gasteiger partial charge in [-0.2, -0.15) is 0 Å². The molecule has 25 heavy (non-hydrogen) atoms. The molecule has 0 spiro atoms. The number of benzene rings is 2. The Kier molecular flexibility index (Phi) is 5.97. The third-order valence-electron chi connectivity index (χ3n) is 3.47. The normalized spacial score (nSPS) is 12.0. The molecule has 3 aromatic rings. The number of anilines is 1. The van der Waals surface area contributed by atoms with E-state index in [0.717, 1.165) is 16.0 Å².